The van der Waals surface area contributed by atoms with Crippen molar-refractivity contribution >= 4 is 12.0 Å². The molecule has 1 N–H and O–H groups in total. The Hall–Kier alpha value is -2.83. The maximum Gasteiger partial charge on any atom is 0.410 e. The van der Waals surface area contributed by atoms with Crippen LogP contribution in [-0.4, -0.2) is 51.4 Å². The maximum absolute atomic E-state index is 13.1. The molecule has 3 unspecified atom stereocenters. The van der Waals surface area contributed by atoms with Gasteiger partial charge in [0.25, 0.3) is 5.91 Å². The number of nitrogens with zero attached hydrogens (tertiary/aromatic N) is 3. The first-order valence-electron chi connectivity index (χ1n) is 11.5. The molecule has 3 atom stereocenters. The maximum atomic E-state index is 13.1. The quantitative estimate of drug-likeness (QED) is 0.771. The van der Waals surface area contributed by atoms with Crippen LogP contribution in [0.1, 0.15) is 61.6 Å². The van der Waals surface area contributed by atoms with E-state index >= 15 is 0 Å². The molecule has 1 aromatic heterocycles. The summed E-state index contributed by atoms with van der Waals surface area (Å²) in [6.45, 7) is 7.00. The summed E-state index contributed by atoms with van der Waals surface area (Å²) in [7, 11) is 1.87. The van der Waals surface area contributed by atoms with Gasteiger partial charge < -0.3 is 15.0 Å². The summed E-state index contributed by atoms with van der Waals surface area (Å²) < 4.78 is 7.41. The van der Waals surface area contributed by atoms with Crippen LogP contribution in [0.2, 0.25) is 0 Å². The van der Waals surface area contributed by atoms with Crippen molar-refractivity contribution in [3.63, 3.8) is 0 Å². The van der Waals surface area contributed by atoms with E-state index in [9.17, 15) is 9.59 Å². The van der Waals surface area contributed by atoms with Crippen LogP contribution in [0.5, 0.6) is 0 Å². The van der Waals surface area contributed by atoms with Gasteiger partial charge in [0, 0.05) is 32.6 Å². The monoisotopic (exact) mass is 438 g/mol. The minimum absolute atomic E-state index is 0.103. The summed E-state index contributed by atoms with van der Waals surface area (Å²) in [6.07, 6.45) is 5.21. The number of benzene rings is 1. The van der Waals surface area contributed by atoms with Crippen molar-refractivity contribution in [1.82, 2.24) is 20.0 Å². The third-order valence-electron chi connectivity index (χ3n) is 6.58. The lowest BCUT2D eigenvalue weighted by Gasteiger charge is -2.49. The third-order valence-corrected chi connectivity index (χ3v) is 6.58. The highest BCUT2D eigenvalue weighted by Crippen LogP contribution is 2.39. The van der Waals surface area contributed by atoms with E-state index in [1.807, 2.05) is 50.9 Å². The van der Waals surface area contributed by atoms with E-state index in [2.05, 4.69) is 22.5 Å². The Labute approximate surface area is 190 Å². The second-order valence-corrected chi connectivity index (χ2v) is 10.1. The Balaban J connectivity index is 1.41. The minimum Gasteiger partial charge on any atom is -0.444 e. The second kappa shape index (κ2) is 8.96. The van der Waals surface area contributed by atoms with Gasteiger partial charge in [-0.15, -0.1) is 0 Å². The molecule has 0 radical (unpaired) electrons. The first-order valence-corrected chi connectivity index (χ1v) is 11.5. The zero-order valence-electron chi connectivity index (χ0n) is 19.5. The molecule has 1 aliphatic carbocycles. The standard InChI is InChI=1S/C25H34N4O3/c1-25(2,3)32-24(31)29-16-18-10-11-21(29)19(12-18)14-26-23(30)20-15-27-28(4)22(20)13-17-8-6-5-7-9-17/h5-9,15,18-19,21H,10-14,16H2,1-4H3,(H,26,30). The molecule has 2 saturated heterocycles. The van der Waals surface area contributed by atoms with Crippen molar-refractivity contribution in [3.8, 4) is 0 Å². The summed E-state index contributed by atoms with van der Waals surface area (Å²) >= 11 is 0. The fourth-order valence-corrected chi connectivity index (χ4v) is 5.06. The van der Waals surface area contributed by atoms with Gasteiger partial charge in [0.15, 0.2) is 0 Å². The van der Waals surface area contributed by atoms with Crippen LogP contribution in [0.3, 0.4) is 0 Å². The van der Waals surface area contributed by atoms with Crippen LogP contribution in [0.25, 0.3) is 0 Å². The predicted molar refractivity (Wildman–Crippen MR) is 122 cm³/mol. The van der Waals surface area contributed by atoms with E-state index in [0.717, 1.165) is 37.1 Å². The Morgan fingerprint density at radius 2 is 1.94 bits per heavy atom. The Bertz CT molecular complexity index is 963. The van der Waals surface area contributed by atoms with Crippen molar-refractivity contribution in [2.75, 3.05) is 13.1 Å². The molecule has 3 aliphatic rings. The largest absolute Gasteiger partial charge is 0.444 e. The highest BCUT2D eigenvalue weighted by Gasteiger charge is 2.44. The predicted octanol–water partition coefficient (Wildman–Crippen LogP) is 3.78. The summed E-state index contributed by atoms with van der Waals surface area (Å²) in [6, 6.07) is 10.2. The molecule has 3 fully saturated rings. The van der Waals surface area contributed by atoms with Crippen LogP contribution in [0, 0.1) is 11.8 Å². The molecule has 0 spiro atoms. The average Bonchev–Trinajstić information content (AvgIpc) is 3.12. The molecule has 2 bridgehead atoms. The number of aryl methyl sites for hydroxylation is 1. The zero-order chi connectivity index (χ0) is 22.9. The van der Waals surface area contributed by atoms with Crippen LogP contribution in [-0.2, 0) is 18.2 Å². The van der Waals surface area contributed by atoms with E-state index in [1.165, 1.54) is 0 Å². The van der Waals surface area contributed by atoms with Gasteiger partial charge in [-0.05, 0) is 57.4 Å². The van der Waals surface area contributed by atoms with E-state index in [1.54, 1.807) is 10.9 Å². The lowest BCUT2D eigenvalue weighted by molar-refractivity contribution is -0.0311. The van der Waals surface area contributed by atoms with E-state index in [0.29, 0.717) is 24.4 Å². The van der Waals surface area contributed by atoms with Gasteiger partial charge in [0.05, 0.1) is 17.5 Å². The number of ether oxygens (including phenoxy) is 1. The zero-order valence-corrected chi connectivity index (χ0v) is 19.5. The second-order valence-electron chi connectivity index (χ2n) is 10.1. The number of hydrogen-bond acceptors (Lipinski definition) is 4. The van der Waals surface area contributed by atoms with Crippen molar-refractivity contribution in [3.05, 3.63) is 53.3 Å². The fourth-order valence-electron chi connectivity index (χ4n) is 5.06. The topological polar surface area (TPSA) is 76.5 Å². The van der Waals surface area contributed by atoms with Crippen molar-refractivity contribution in [2.24, 2.45) is 18.9 Å². The summed E-state index contributed by atoms with van der Waals surface area (Å²) in [5.41, 5.74) is 2.14. The lowest BCUT2D eigenvalue weighted by atomic mass is 9.73. The number of aromatic nitrogens is 2. The molecule has 3 heterocycles. The highest BCUT2D eigenvalue weighted by molar-refractivity contribution is 5.95. The number of amides is 2. The summed E-state index contributed by atoms with van der Waals surface area (Å²) in [5, 5.41) is 7.45. The van der Waals surface area contributed by atoms with E-state index in [4.69, 9.17) is 4.74 Å². The number of carbonyl (C=O) groups excluding carboxylic acids is 2. The average molecular weight is 439 g/mol. The molecule has 32 heavy (non-hydrogen) atoms. The van der Waals surface area contributed by atoms with Gasteiger partial charge in [-0.25, -0.2) is 4.79 Å². The molecule has 2 aromatic rings. The van der Waals surface area contributed by atoms with Crippen molar-refractivity contribution in [1.29, 1.82) is 0 Å². The summed E-state index contributed by atoms with van der Waals surface area (Å²) in [4.78, 5) is 27.7. The lowest BCUT2D eigenvalue weighted by Crippen LogP contribution is -2.58. The van der Waals surface area contributed by atoms with Gasteiger partial charge in [-0.2, -0.15) is 5.10 Å². The SMILES string of the molecule is Cn1ncc(C(=O)NCC2CC3CCC2N(C(=O)OC(C)(C)C)C3)c1Cc1ccccc1. The number of piperidine rings is 2. The van der Waals surface area contributed by atoms with Gasteiger partial charge in [-0.1, -0.05) is 30.3 Å². The normalized spacial score (nSPS) is 22.6. The Morgan fingerprint density at radius 1 is 1.19 bits per heavy atom. The number of rotatable bonds is 5. The van der Waals surface area contributed by atoms with Crippen molar-refractivity contribution < 1.29 is 14.3 Å². The Morgan fingerprint density at radius 3 is 2.62 bits per heavy atom. The molecule has 7 heteroatoms. The van der Waals surface area contributed by atoms with E-state index in [-0.39, 0.29) is 24.0 Å². The molecule has 1 aromatic carbocycles. The minimum atomic E-state index is -0.507. The fraction of sp³-hybridized carbons (Fsp3) is 0.560. The molecular formula is C25H34N4O3. The number of fused-ring (bicyclic) bond motifs is 3. The number of carbonyl (C=O) groups is 2. The molecule has 1 saturated carbocycles. The molecule has 5 rings (SSSR count). The smallest absolute Gasteiger partial charge is 0.410 e. The molecule has 2 aliphatic heterocycles. The van der Waals surface area contributed by atoms with Gasteiger partial charge in [0.2, 0.25) is 0 Å². The summed E-state index contributed by atoms with van der Waals surface area (Å²) in [5.74, 6) is 0.615. The van der Waals surface area contributed by atoms with Gasteiger partial charge >= 0.3 is 6.09 Å². The van der Waals surface area contributed by atoms with Gasteiger partial charge in [0.1, 0.15) is 5.60 Å². The highest BCUT2D eigenvalue weighted by atomic mass is 16.6. The van der Waals surface area contributed by atoms with E-state index < -0.39 is 5.60 Å². The van der Waals surface area contributed by atoms with Crippen LogP contribution in [0.4, 0.5) is 4.79 Å². The van der Waals surface area contributed by atoms with Crippen molar-refractivity contribution in [2.45, 2.75) is 58.1 Å². The van der Waals surface area contributed by atoms with Crippen LogP contribution >= 0.6 is 0 Å². The number of hydrogen-bond donors (Lipinski definition) is 1. The van der Waals surface area contributed by atoms with Crippen LogP contribution < -0.4 is 5.32 Å². The first-order chi connectivity index (χ1) is 15.2. The Kier molecular flexibility index (Phi) is 6.26. The first kappa shape index (κ1) is 22.4. The molecule has 2 amide bonds. The molecule has 172 valence electrons. The molecular weight excluding hydrogens is 404 g/mol. The van der Waals surface area contributed by atoms with Crippen LogP contribution in [0.15, 0.2) is 36.5 Å². The van der Waals surface area contributed by atoms with Gasteiger partial charge in [-0.3, -0.25) is 9.48 Å². The third kappa shape index (κ3) is 4.97. The molecule has 7 nitrogen and oxygen atoms in total. The number of nitrogens with one attached hydrogen (secondary N) is 1.